The summed E-state index contributed by atoms with van der Waals surface area (Å²) >= 11 is 0. The number of nitrogens with one attached hydrogen (secondary N) is 1. The molecule has 1 saturated heterocycles. The predicted molar refractivity (Wildman–Crippen MR) is 70.1 cm³/mol. The molecule has 0 saturated carbocycles. The summed E-state index contributed by atoms with van der Waals surface area (Å²) in [6.07, 6.45) is 0. The minimum Gasteiger partial charge on any atom is -0.490 e. The van der Waals surface area contributed by atoms with Crippen LogP contribution in [0.1, 0.15) is 6.92 Å². The molecule has 1 fully saturated rings. The molecule has 1 aliphatic heterocycles. The monoisotopic (exact) mass is 265 g/mol. The van der Waals surface area contributed by atoms with Gasteiger partial charge in [-0.1, -0.05) is 18.2 Å². The molecule has 1 N–H and O–H groups in total. The van der Waals surface area contributed by atoms with Gasteiger partial charge in [-0.15, -0.1) is 0 Å². The standard InChI is InChI=1S/C14H19NO4/c1-14(10-15-11-14)19-9-13(16)18-8-7-17-12-5-3-2-4-6-12/h2-6,15H,7-11H2,1H3. The number of hydrogen-bond acceptors (Lipinski definition) is 5. The third-order valence-corrected chi connectivity index (χ3v) is 2.89. The Morgan fingerprint density at radius 1 is 1.26 bits per heavy atom. The summed E-state index contributed by atoms with van der Waals surface area (Å²) in [6.45, 7) is 4.08. The highest BCUT2D eigenvalue weighted by molar-refractivity contribution is 5.70. The molecule has 0 spiro atoms. The van der Waals surface area contributed by atoms with Crippen molar-refractivity contribution >= 4 is 5.97 Å². The highest BCUT2D eigenvalue weighted by Gasteiger charge is 2.33. The van der Waals surface area contributed by atoms with Crippen molar-refractivity contribution in [3.8, 4) is 5.75 Å². The maximum Gasteiger partial charge on any atom is 0.332 e. The van der Waals surface area contributed by atoms with Gasteiger partial charge in [0.1, 0.15) is 25.6 Å². The Bertz CT molecular complexity index is 403. The van der Waals surface area contributed by atoms with Crippen molar-refractivity contribution < 1.29 is 19.0 Å². The van der Waals surface area contributed by atoms with Crippen molar-refractivity contribution in [3.63, 3.8) is 0 Å². The van der Waals surface area contributed by atoms with E-state index in [1.807, 2.05) is 37.3 Å². The molecule has 0 aromatic heterocycles. The van der Waals surface area contributed by atoms with E-state index in [-0.39, 0.29) is 24.8 Å². The molecule has 0 atom stereocenters. The zero-order valence-corrected chi connectivity index (χ0v) is 11.1. The number of para-hydroxylation sites is 1. The molecular weight excluding hydrogens is 246 g/mol. The molecule has 1 aliphatic rings. The second-order valence-corrected chi connectivity index (χ2v) is 4.72. The summed E-state index contributed by atoms with van der Waals surface area (Å²) in [5.41, 5.74) is -0.223. The topological polar surface area (TPSA) is 56.8 Å². The summed E-state index contributed by atoms with van der Waals surface area (Å²) in [5.74, 6) is 0.410. The molecule has 0 amide bonds. The Kier molecular flexibility index (Phi) is 4.76. The van der Waals surface area contributed by atoms with Gasteiger partial charge in [0, 0.05) is 13.1 Å². The van der Waals surface area contributed by atoms with E-state index in [9.17, 15) is 4.79 Å². The van der Waals surface area contributed by atoms with Gasteiger partial charge in [0.25, 0.3) is 0 Å². The molecule has 19 heavy (non-hydrogen) atoms. The van der Waals surface area contributed by atoms with E-state index in [0.29, 0.717) is 6.61 Å². The first kappa shape index (κ1) is 13.8. The molecule has 1 heterocycles. The van der Waals surface area contributed by atoms with Crippen LogP contribution in [-0.4, -0.2) is 44.5 Å². The van der Waals surface area contributed by atoms with Gasteiger partial charge in [0.15, 0.2) is 0 Å². The molecule has 1 aromatic carbocycles. The van der Waals surface area contributed by atoms with E-state index < -0.39 is 0 Å². The number of rotatable bonds is 7. The first-order chi connectivity index (χ1) is 9.18. The zero-order valence-electron chi connectivity index (χ0n) is 11.1. The van der Waals surface area contributed by atoms with Crippen molar-refractivity contribution in [2.75, 3.05) is 32.9 Å². The lowest BCUT2D eigenvalue weighted by molar-refractivity contribution is -0.159. The number of benzene rings is 1. The Balaban J connectivity index is 1.54. The van der Waals surface area contributed by atoms with Crippen LogP contribution < -0.4 is 10.1 Å². The minimum atomic E-state index is -0.357. The smallest absolute Gasteiger partial charge is 0.332 e. The second-order valence-electron chi connectivity index (χ2n) is 4.72. The normalized spacial score (nSPS) is 16.5. The van der Waals surface area contributed by atoms with Crippen LogP contribution in [0.5, 0.6) is 5.75 Å². The van der Waals surface area contributed by atoms with Crippen LogP contribution in [0.15, 0.2) is 30.3 Å². The molecule has 0 unspecified atom stereocenters. The number of carbonyl (C=O) groups is 1. The summed E-state index contributed by atoms with van der Waals surface area (Å²) in [4.78, 5) is 11.4. The van der Waals surface area contributed by atoms with Gasteiger partial charge in [0.05, 0.1) is 5.60 Å². The van der Waals surface area contributed by atoms with E-state index in [2.05, 4.69) is 5.32 Å². The van der Waals surface area contributed by atoms with Crippen molar-refractivity contribution in [1.29, 1.82) is 0 Å². The van der Waals surface area contributed by atoms with Gasteiger partial charge >= 0.3 is 5.97 Å². The highest BCUT2D eigenvalue weighted by atomic mass is 16.6. The predicted octanol–water partition coefficient (Wildman–Crippen LogP) is 0.987. The minimum absolute atomic E-state index is 0.0104. The maximum absolute atomic E-state index is 11.4. The third kappa shape index (κ3) is 4.54. The summed E-state index contributed by atoms with van der Waals surface area (Å²) < 4.78 is 15.9. The Labute approximate surface area is 112 Å². The van der Waals surface area contributed by atoms with E-state index in [1.54, 1.807) is 0 Å². The third-order valence-electron chi connectivity index (χ3n) is 2.89. The van der Waals surface area contributed by atoms with E-state index in [4.69, 9.17) is 14.2 Å². The molecule has 0 bridgehead atoms. The van der Waals surface area contributed by atoms with Gasteiger partial charge in [-0.2, -0.15) is 0 Å². The molecule has 0 aliphatic carbocycles. The highest BCUT2D eigenvalue weighted by Crippen LogP contribution is 2.14. The Morgan fingerprint density at radius 3 is 2.63 bits per heavy atom. The summed E-state index contributed by atoms with van der Waals surface area (Å²) in [5, 5.41) is 3.10. The number of esters is 1. The van der Waals surface area contributed by atoms with E-state index in [0.717, 1.165) is 18.8 Å². The van der Waals surface area contributed by atoms with Crippen molar-refractivity contribution in [2.24, 2.45) is 0 Å². The number of ether oxygens (including phenoxy) is 3. The Morgan fingerprint density at radius 2 is 2.00 bits per heavy atom. The Hall–Kier alpha value is -1.59. The molecular formula is C14H19NO4. The first-order valence-electron chi connectivity index (χ1n) is 6.36. The zero-order chi connectivity index (χ0) is 13.6. The molecule has 1 aromatic rings. The van der Waals surface area contributed by atoms with Gasteiger partial charge in [-0.25, -0.2) is 4.79 Å². The van der Waals surface area contributed by atoms with Crippen LogP contribution >= 0.6 is 0 Å². The summed E-state index contributed by atoms with van der Waals surface area (Å²) in [7, 11) is 0. The average Bonchev–Trinajstić information content (AvgIpc) is 2.40. The summed E-state index contributed by atoms with van der Waals surface area (Å²) in [6, 6.07) is 9.41. The van der Waals surface area contributed by atoms with Crippen LogP contribution in [0.4, 0.5) is 0 Å². The molecule has 5 nitrogen and oxygen atoms in total. The van der Waals surface area contributed by atoms with Crippen LogP contribution in [-0.2, 0) is 14.3 Å². The SMILES string of the molecule is CC1(OCC(=O)OCCOc2ccccc2)CNC1. The second kappa shape index (κ2) is 6.54. The number of carbonyl (C=O) groups excluding carboxylic acids is 1. The van der Waals surface area contributed by atoms with Crippen LogP contribution in [0.25, 0.3) is 0 Å². The van der Waals surface area contributed by atoms with E-state index >= 15 is 0 Å². The fourth-order valence-electron chi connectivity index (χ4n) is 1.69. The van der Waals surface area contributed by atoms with Gasteiger partial charge in [0.2, 0.25) is 0 Å². The fourth-order valence-corrected chi connectivity index (χ4v) is 1.69. The van der Waals surface area contributed by atoms with Crippen molar-refractivity contribution in [1.82, 2.24) is 5.32 Å². The van der Waals surface area contributed by atoms with E-state index in [1.165, 1.54) is 0 Å². The van der Waals surface area contributed by atoms with Crippen LogP contribution in [0, 0.1) is 0 Å². The largest absolute Gasteiger partial charge is 0.490 e. The number of hydrogen-bond donors (Lipinski definition) is 1. The quantitative estimate of drug-likeness (QED) is 0.588. The first-order valence-corrected chi connectivity index (χ1v) is 6.36. The lowest BCUT2D eigenvalue weighted by atomic mass is 10.0. The molecule has 104 valence electrons. The average molecular weight is 265 g/mol. The van der Waals surface area contributed by atoms with Gasteiger partial charge in [-0.05, 0) is 19.1 Å². The molecule has 2 rings (SSSR count). The van der Waals surface area contributed by atoms with Gasteiger partial charge in [-0.3, -0.25) is 0 Å². The lowest BCUT2D eigenvalue weighted by Gasteiger charge is -2.38. The van der Waals surface area contributed by atoms with Crippen molar-refractivity contribution in [2.45, 2.75) is 12.5 Å². The lowest BCUT2D eigenvalue weighted by Crippen LogP contribution is -2.59. The van der Waals surface area contributed by atoms with Crippen LogP contribution in [0.2, 0.25) is 0 Å². The van der Waals surface area contributed by atoms with Crippen LogP contribution in [0.3, 0.4) is 0 Å². The molecule has 0 radical (unpaired) electrons. The van der Waals surface area contributed by atoms with Gasteiger partial charge < -0.3 is 19.5 Å². The maximum atomic E-state index is 11.4. The van der Waals surface area contributed by atoms with Crippen molar-refractivity contribution in [3.05, 3.63) is 30.3 Å². The molecule has 5 heteroatoms. The fraction of sp³-hybridized carbons (Fsp3) is 0.500.